The van der Waals surface area contributed by atoms with Crippen molar-refractivity contribution < 1.29 is 4.79 Å². The molecule has 1 saturated carbocycles. The summed E-state index contributed by atoms with van der Waals surface area (Å²) >= 11 is 1.48. The quantitative estimate of drug-likeness (QED) is 0.764. The first-order valence-electron chi connectivity index (χ1n) is 7.91. The average molecular weight is 330 g/mol. The van der Waals surface area contributed by atoms with Gasteiger partial charge in [-0.25, -0.2) is 0 Å². The van der Waals surface area contributed by atoms with Gasteiger partial charge in [-0.2, -0.15) is 0 Å². The molecule has 6 heteroatoms. The molecule has 2 aromatic rings. The minimum atomic E-state index is -0.182. The summed E-state index contributed by atoms with van der Waals surface area (Å²) in [4.78, 5) is 14.3. The van der Waals surface area contributed by atoms with Gasteiger partial charge in [0.05, 0.1) is 5.25 Å². The van der Waals surface area contributed by atoms with Crippen LogP contribution in [-0.4, -0.2) is 37.9 Å². The molecule has 0 radical (unpaired) electrons. The zero-order chi connectivity index (χ0) is 16.4. The van der Waals surface area contributed by atoms with Crippen molar-refractivity contribution in [1.82, 2.24) is 19.7 Å². The summed E-state index contributed by atoms with van der Waals surface area (Å²) < 4.78 is 2.03. The molecule has 1 aliphatic rings. The van der Waals surface area contributed by atoms with Gasteiger partial charge in [0.15, 0.2) is 5.16 Å². The number of thioether (sulfide) groups is 1. The molecule has 1 amide bonds. The van der Waals surface area contributed by atoms with Gasteiger partial charge in [-0.1, -0.05) is 42.1 Å². The van der Waals surface area contributed by atoms with Gasteiger partial charge in [-0.05, 0) is 25.3 Å². The molecule has 1 fully saturated rings. The lowest BCUT2D eigenvalue weighted by molar-refractivity contribution is -0.129. The van der Waals surface area contributed by atoms with E-state index >= 15 is 0 Å². The fourth-order valence-electron chi connectivity index (χ4n) is 2.58. The summed E-state index contributed by atoms with van der Waals surface area (Å²) in [5.41, 5.74) is 1.13. The van der Waals surface area contributed by atoms with E-state index in [1.165, 1.54) is 24.6 Å². The Bertz CT molecular complexity index is 681. The van der Waals surface area contributed by atoms with Crippen LogP contribution in [-0.2, 0) is 18.4 Å². The largest absolute Gasteiger partial charge is 0.340 e. The fraction of sp³-hybridized carbons (Fsp3) is 0.471. The van der Waals surface area contributed by atoms with E-state index in [4.69, 9.17) is 0 Å². The molecule has 0 saturated heterocycles. The molecule has 1 aliphatic carbocycles. The van der Waals surface area contributed by atoms with Gasteiger partial charge in [-0.15, -0.1) is 10.2 Å². The number of hydrogen-bond acceptors (Lipinski definition) is 4. The van der Waals surface area contributed by atoms with E-state index in [2.05, 4.69) is 10.2 Å². The smallest absolute Gasteiger partial charge is 0.235 e. The lowest BCUT2D eigenvalue weighted by atomic mass is 10.2. The Labute approximate surface area is 141 Å². The van der Waals surface area contributed by atoms with E-state index in [1.807, 2.05) is 55.9 Å². The van der Waals surface area contributed by atoms with Crippen LogP contribution in [0.2, 0.25) is 0 Å². The molecule has 23 heavy (non-hydrogen) atoms. The Morgan fingerprint density at radius 3 is 2.70 bits per heavy atom. The molecule has 122 valence electrons. The van der Waals surface area contributed by atoms with Crippen LogP contribution in [0, 0.1) is 0 Å². The van der Waals surface area contributed by atoms with Gasteiger partial charge in [0.2, 0.25) is 5.91 Å². The number of aromatic nitrogens is 3. The highest BCUT2D eigenvalue weighted by atomic mass is 32.2. The first kappa shape index (κ1) is 16.1. The highest BCUT2D eigenvalue weighted by Gasteiger charge is 2.30. The maximum Gasteiger partial charge on any atom is 0.235 e. The molecule has 0 unspecified atom stereocenters. The van der Waals surface area contributed by atoms with Crippen LogP contribution in [0.3, 0.4) is 0 Å². The third-order valence-corrected chi connectivity index (χ3v) is 5.20. The maximum absolute atomic E-state index is 12.6. The minimum Gasteiger partial charge on any atom is -0.340 e. The summed E-state index contributed by atoms with van der Waals surface area (Å²) in [5.74, 6) is 1.72. The standard InChI is InChI=1S/C17H22N4OS/c1-12(16(22)20(2)11-13-7-5-4-6-8-13)23-17-19-18-15(21(17)3)14-9-10-14/h4-8,12,14H,9-11H2,1-3H3/t12-/m1/s1. The van der Waals surface area contributed by atoms with E-state index < -0.39 is 0 Å². The molecular weight excluding hydrogens is 308 g/mol. The van der Waals surface area contributed by atoms with Crippen molar-refractivity contribution >= 4 is 17.7 Å². The van der Waals surface area contributed by atoms with Crippen molar-refractivity contribution in [3.05, 3.63) is 41.7 Å². The van der Waals surface area contributed by atoms with Crippen LogP contribution >= 0.6 is 11.8 Å². The molecule has 3 rings (SSSR count). The molecule has 1 aromatic heterocycles. The Morgan fingerprint density at radius 2 is 2.04 bits per heavy atom. The number of rotatable bonds is 6. The summed E-state index contributed by atoms with van der Waals surface area (Å²) in [6, 6.07) is 10.0. The second-order valence-corrected chi connectivity index (χ2v) is 7.42. The zero-order valence-corrected chi connectivity index (χ0v) is 14.6. The van der Waals surface area contributed by atoms with Crippen LogP contribution in [0.4, 0.5) is 0 Å². The minimum absolute atomic E-state index is 0.106. The first-order chi connectivity index (χ1) is 11.1. The lowest BCUT2D eigenvalue weighted by Gasteiger charge is -2.21. The van der Waals surface area contributed by atoms with Crippen LogP contribution in [0.25, 0.3) is 0 Å². The number of carbonyl (C=O) groups is 1. The van der Waals surface area contributed by atoms with Crippen LogP contribution < -0.4 is 0 Å². The Kier molecular flexibility index (Phi) is 4.71. The molecule has 1 aromatic carbocycles. The van der Waals surface area contributed by atoms with Crippen molar-refractivity contribution in [2.24, 2.45) is 7.05 Å². The Balaban J connectivity index is 1.60. The fourth-order valence-corrected chi connectivity index (χ4v) is 3.52. The Hall–Kier alpha value is -1.82. The van der Waals surface area contributed by atoms with Crippen LogP contribution in [0.15, 0.2) is 35.5 Å². The second-order valence-electron chi connectivity index (χ2n) is 6.11. The summed E-state index contributed by atoms with van der Waals surface area (Å²) in [5, 5.41) is 9.16. The van der Waals surface area contributed by atoms with Crippen molar-refractivity contribution in [1.29, 1.82) is 0 Å². The zero-order valence-electron chi connectivity index (χ0n) is 13.8. The van der Waals surface area contributed by atoms with E-state index in [1.54, 1.807) is 4.90 Å². The third kappa shape index (κ3) is 3.75. The van der Waals surface area contributed by atoms with E-state index in [0.29, 0.717) is 12.5 Å². The summed E-state index contributed by atoms with van der Waals surface area (Å²) in [7, 11) is 3.83. The van der Waals surface area contributed by atoms with Crippen molar-refractivity contribution in [2.45, 2.75) is 42.6 Å². The monoisotopic (exact) mass is 330 g/mol. The van der Waals surface area contributed by atoms with Gasteiger partial charge in [-0.3, -0.25) is 4.79 Å². The number of hydrogen-bond donors (Lipinski definition) is 0. The molecule has 5 nitrogen and oxygen atoms in total. The predicted octanol–water partition coefficient (Wildman–Crippen LogP) is 2.83. The van der Waals surface area contributed by atoms with Crippen molar-refractivity contribution in [3.8, 4) is 0 Å². The SMILES string of the molecule is C[C@@H](Sc1nnc(C2CC2)n1C)C(=O)N(C)Cc1ccccc1. The van der Waals surface area contributed by atoms with Crippen LogP contribution in [0.5, 0.6) is 0 Å². The molecular formula is C17H22N4OS. The second kappa shape index (κ2) is 6.74. The molecule has 1 atom stereocenters. The van der Waals surface area contributed by atoms with Gasteiger partial charge in [0.1, 0.15) is 5.82 Å². The highest BCUT2D eigenvalue weighted by molar-refractivity contribution is 8.00. The van der Waals surface area contributed by atoms with Crippen molar-refractivity contribution in [2.75, 3.05) is 7.05 Å². The molecule has 0 N–H and O–H groups in total. The lowest BCUT2D eigenvalue weighted by Crippen LogP contribution is -2.32. The summed E-state index contributed by atoms with van der Waals surface area (Å²) in [6.45, 7) is 2.55. The number of nitrogens with zero attached hydrogens (tertiary/aromatic N) is 4. The average Bonchev–Trinajstić information content (AvgIpc) is 3.33. The van der Waals surface area contributed by atoms with Gasteiger partial charge >= 0.3 is 0 Å². The van der Waals surface area contributed by atoms with E-state index in [-0.39, 0.29) is 11.2 Å². The molecule has 0 bridgehead atoms. The maximum atomic E-state index is 12.6. The molecule has 0 spiro atoms. The first-order valence-corrected chi connectivity index (χ1v) is 8.79. The normalized spacial score (nSPS) is 15.4. The van der Waals surface area contributed by atoms with Crippen molar-refractivity contribution in [3.63, 3.8) is 0 Å². The van der Waals surface area contributed by atoms with Gasteiger partial charge < -0.3 is 9.47 Å². The predicted molar refractivity (Wildman–Crippen MR) is 91.2 cm³/mol. The van der Waals surface area contributed by atoms with Crippen LogP contribution in [0.1, 0.15) is 37.1 Å². The number of benzene rings is 1. The van der Waals surface area contributed by atoms with Gasteiger partial charge in [0.25, 0.3) is 0 Å². The third-order valence-electron chi connectivity index (χ3n) is 4.08. The number of amides is 1. The topological polar surface area (TPSA) is 51.0 Å². The van der Waals surface area contributed by atoms with E-state index in [0.717, 1.165) is 16.5 Å². The molecule has 1 heterocycles. The van der Waals surface area contributed by atoms with Gasteiger partial charge in [0, 0.05) is 26.6 Å². The van der Waals surface area contributed by atoms with E-state index in [9.17, 15) is 4.79 Å². The number of carbonyl (C=O) groups excluding carboxylic acids is 1. The molecule has 0 aliphatic heterocycles. The Morgan fingerprint density at radius 1 is 1.35 bits per heavy atom. The highest BCUT2D eigenvalue weighted by Crippen LogP contribution is 2.39. The summed E-state index contributed by atoms with van der Waals surface area (Å²) in [6.07, 6.45) is 2.40.